The second-order valence-electron chi connectivity index (χ2n) is 9.37. The Morgan fingerprint density at radius 3 is 2.63 bits per heavy atom. The fourth-order valence-corrected chi connectivity index (χ4v) is 4.85. The molecule has 0 unspecified atom stereocenters. The quantitative estimate of drug-likeness (QED) is 0.821. The first-order chi connectivity index (χ1) is 14.5. The first-order valence-corrected chi connectivity index (χ1v) is 11.1. The van der Waals surface area contributed by atoms with E-state index in [1.807, 2.05) is 6.92 Å². The predicted molar refractivity (Wildman–Crippen MR) is 123 cm³/mol. The van der Waals surface area contributed by atoms with Gasteiger partial charge in [-0.2, -0.15) is 0 Å². The van der Waals surface area contributed by atoms with E-state index in [0.29, 0.717) is 6.04 Å². The number of benzene rings is 2. The summed E-state index contributed by atoms with van der Waals surface area (Å²) in [6, 6.07) is 15.6. The minimum atomic E-state index is -0.192. The Morgan fingerprint density at radius 2 is 1.90 bits per heavy atom. The van der Waals surface area contributed by atoms with E-state index in [1.165, 1.54) is 16.7 Å². The monoisotopic (exact) mass is 401 g/mol. The van der Waals surface area contributed by atoms with Crippen LogP contribution in [0.2, 0.25) is 0 Å². The lowest BCUT2D eigenvalue weighted by atomic mass is 9.85. The number of nitrogens with zero attached hydrogens (tertiary/aromatic N) is 2. The Kier molecular flexibility index (Phi) is 4.70. The van der Waals surface area contributed by atoms with Crippen LogP contribution >= 0.6 is 0 Å². The average molecular weight is 402 g/mol. The summed E-state index contributed by atoms with van der Waals surface area (Å²) in [7, 11) is 4.26. The van der Waals surface area contributed by atoms with Crippen LogP contribution in [0, 0.1) is 6.92 Å². The van der Waals surface area contributed by atoms with Crippen LogP contribution in [0.25, 0.3) is 5.57 Å². The highest BCUT2D eigenvalue weighted by atomic mass is 16.1. The molecule has 5 rings (SSSR count). The van der Waals surface area contributed by atoms with E-state index < -0.39 is 0 Å². The van der Waals surface area contributed by atoms with Crippen molar-refractivity contribution in [1.29, 1.82) is 0 Å². The number of amides is 1. The largest absolute Gasteiger partial charge is 0.368 e. The third kappa shape index (κ3) is 3.33. The lowest BCUT2D eigenvalue weighted by Crippen LogP contribution is -2.57. The topological polar surface area (TPSA) is 35.6 Å². The van der Waals surface area contributed by atoms with Crippen LogP contribution in [-0.4, -0.2) is 49.6 Å². The van der Waals surface area contributed by atoms with Gasteiger partial charge in [-0.1, -0.05) is 36.4 Å². The molecule has 0 spiro atoms. The maximum Gasteiger partial charge on any atom is 0.252 e. The van der Waals surface area contributed by atoms with Gasteiger partial charge in [0.05, 0.1) is 5.54 Å². The van der Waals surface area contributed by atoms with Gasteiger partial charge >= 0.3 is 0 Å². The number of rotatable bonds is 5. The van der Waals surface area contributed by atoms with Crippen molar-refractivity contribution >= 4 is 17.2 Å². The van der Waals surface area contributed by atoms with Gasteiger partial charge in [-0.3, -0.25) is 4.79 Å². The van der Waals surface area contributed by atoms with Crippen LogP contribution in [0.4, 0.5) is 5.69 Å². The molecule has 0 aromatic heterocycles. The summed E-state index contributed by atoms with van der Waals surface area (Å²) < 4.78 is 0. The number of allylic oxidation sites excluding steroid dienone is 1. The van der Waals surface area contributed by atoms with Gasteiger partial charge in [-0.25, -0.2) is 0 Å². The average Bonchev–Trinajstić information content (AvgIpc) is 3.47. The van der Waals surface area contributed by atoms with Gasteiger partial charge in [0.1, 0.15) is 0 Å². The number of nitrogens with one attached hydrogen (secondary N) is 1. The maximum atomic E-state index is 13.4. The third-order valence-electron chi connectivity index (χ3n) is 7.11. The summed E-state index contributed by atoms with van der Waals surface area (Å²) in [5.41, 5.74) is 6.85. The molecule has 30 heavy (non-hydrogen) atoms. The second-order valence-corrected chi connectivity index (χ2v) is 9.37. The summed E-state index contributed by atoms with van der Waals surface area (Å²) in [6.07, 6.45) is 6.54. The number of likely N-dealkylation sites (N-methyl/N-ethyl adjacent to an activating group) is 1. The van der Waals surface area contributed by atoms with Crippen LogP contribution in [0.5, 0.6) is 0 Å². The zero-order valence-corrected chi connectivity index (χ0v) is 18.2. The molecule has 1 saturated carbocycles. The second kappa shape index (κ2) is 7.28. The van der Waals surface area contributed by atoms with E-state index in [-0.39, 0.29) is 11.4 Å². The molecule has 1 N–H and O–H groups in total. The van der Waals surface area contributed by atoms with Gasteiger partial charge in [0.2, 0.25) is 0 Å². The highest BCUT2D eigenvalue weighted by Gasteiger charge is 2.48. The molecule has 1 heterocycles. The van der Waals surface area contributed by atoms with Crippen LogP contribution < -0.4 is 10.2 Å². The molecule has 156 valence electrons. The molecule has 0 atom stereocenters. The molecule has 2 fully saturated rings. The Balaban J connectivity index is 1.36. The molecular weight excluding hydrogens is 370 g/mol. The number of carbonyl (C=O) groups excluding carboxylic acids is 1. The van der Waals surface area contributed by atoms with Crippen LogP contribution in [-0.2, 0) is 6.42 Å². The lowest BCUT2D eigenvalue weighted by Gasteiger charge is -2.44. The molecule has 2 aliphatic carbocycles. The maximum absolute atomic E-state index is 13.4. The van der Waals surface area contributed by atoms with Crippen molar-refractivity contribution < 1.29 is 4.79 Å². The van der Waals surface area contributed by atoms with Crippen molar-refractivity contribution in [2.75, 3.05) is 32.1 Å². The summed E-state index contributed by atoms with van der Waals surface area (Å²) >= 11 is 0. The lowest BCUT2D eigenvalue weighted by molar-refractivity contribution is 0.0941. The van der Waals surface area contributed by atoms with Gasteiger partial charge in [-0.05, 0) is 81.1 Å². The SMILES string of the molecule is Cc1ccc(N2CC(N(C)C)C2)cc1C(=O)NC1(C2=CCCc3ccccc32)CC1. The molecule has 0 bridgehead atoms. The van der Waals surface area contributed by atoms with E-state index in [4.69, 9.17) is 0 Å². The highest BCUT2D eigenvalue weighted by molar-refractivity contribution is 5.99. The highest BCUT2D eigenvalue weighted by Crippen LogP contribution is 2.49. The van der Waals surface area contributed by atoms with E-state index in [9.17, 15) is 4.79 Å². The standard InChI is InChI=1S/C26H31N3O/c1-18-11-12-20(29-16-21(17-29)28(2)3)15-23(18)25(30)27-26(13-14-26)24-10-6-8-19-7-4-5-9-22(19)24/h4-5,7,9-12,15,21H,6,8,13-14,16-17H2,1-3H3,(H,27,30). The number of hydrogen-bond acceptors (Lipinski definition) is 3. The smallest absolute Gasteiger partial charge is 0.252 e. The summed E-state index contributed by atoms with van der Waals surface area (Å²) in [6.45, 7) is 4.07. The molecule has 2 aromatic carbocycles. The van der Waals surface area contributed by atoms with Gasteiger partial charge < -0.3 is 15.1 Å². The normalized spacial score (nSPS) is 19.7. The molecule has 3 aliphatic rings. The van der Waals surface area contributed by atoms with Gasteiger partial charge in [0.25, 0.3) is 5.91 Å². The summed E-state index contributed by atoms with van der Waals surface area (Å²) in [5, 5.41) is 3.43. The van der Waals surface area contributed by atoms with Gasteiger partial charge in [0, 0.05) is 30.4 Å². The first kappa shape index (κ1) is 19.4. The molecule has 4 nitrogen and oxygen atoms in total. The Bertz CT molecular complexity index is 1010. The molecule has 1 amide bonds. The predicted octanol–water partition coefficient (Wildman–Crippen LogP) is 4.04. The number of fused-ring (bicyclic) bond motifs is 1. The van der Waals surface area contributed by atoms with Crippen molar-refractivity contribution in [3.63, 3.8) is 0 Å². The zero-order valence-electron chi connectivity index (χ0n) is 18.2. The molecule has 0 radical (unpaired) electrons. The molecule has 4 heteroatoms. The Morgan fingerprint density at radius 1 is 1.13 bits per heavy atom. The van der Waals surface area contributed by atoms with E-state index in [0.717, 1.165) is 55.6 Å². The molecule has 1 saturated heterocycles. The van der Waals surface area contributed by atoms with Crippen molar-refractivity contribution in [3.8, 4) is 0 Å². The fourth-order valence-electron chi connectivity index (χ4n) is 4.85. The van der Waals surface area contributed by atoms with Gasteiger partial charge in [-0.15, -0.1) is 0 Å². The van der Waals surface area contributed by atoms with Crippen LogP contribution in [0.1, 0.15) is 46.3 Å². The molecule has 2 aromatic rings. The van der Waals surface area contributed by atoms with Crippen LogP contribution in [0.3, 0.4) is 0 Å². The fraction of sp³-hybridized carbons (Fsp3) is 0.423. The van der Waals surface area contributed by atoms with E-state index in [2.05, 4.69) is 77.8 Å². The molecule has 1 aliphatic heterocycles. The number of aryl methyl sites for hydroxylation is 2. The van der Waals surface area contributed by atoms with E-state index >= 15 is 0 Å². The number of hydrogen-bond donors (Lipinski definition) is 1. The number of anilines is 1. The van der Waals surface area contributed by atoms with Crippen molar-refractivity contribution in [2.45, 2.75) is 44.2 Å². The van der Waals surface area contributed by atoms with Crippen LogP contribution in [0.15, 0.2) is 48.5 Å². The summed E-state index contributed by atoms with van der Waals surface area (Å²) in [4.78, 5) is 18.0. The van der Waals surface area contributed by atoms with E-state index in [1.54, 1.807) is 0 Å². The Hall–Kier alpha value is -2.59. The minimum Gasteiger partial charge on any atom is -0.368 e. The molecular formula is C26H31N3O. The minimum absolute atomic E-state index is 0.0560. The first-order valence-electron chi connectivity index (χ1n) is 11.1. The zero-order chi connectivity index (χ0) is 20.9. The summed E-state index contributed by atoms with van der Waals surface area (Å²) in [5.74, 6) is 0.0560. The van der Waals surface area contributed by atoms with Crippen molar-refractivity contribution in [1.82, 2.24) is 10.2 Å². The van der Waals surface area contributed by atoms with Crippen molar-refractivity contribution in [3.05, 3.63) is 70.8 Å². The third-order valence-corrected chi connectivity index (χ3v) is 7.11. The van der Waals surface area contributed by atoms with Crippen molar-refractivity contribution in [2.24, 2.45) is 0 Å². The Labute approximate surface area is 179 Å². The van der Waals surface area contributed by atoms with Gasteiger partial charge in [0.15, 0.2) is 0 Å². The number of carbonyl (C=O) groups is 1.